The molecular formula is C13H20O. The van der Waals surface area contributed by atoms with Gasteiger partial charge in [-0.15, -0.1) is 6.58 Å². The molecule has 0 saturated heterocycles. The van der Waals surface area contributed by atoms with Crippen molar-refractivity contribution in [3.8, 4) is 0 Å². The number of ketones is 1. The van der Waals surface area contributed by atoms with E-state index in [-0.39, 0.29) is 5.41 Å². The van der Waals surface area contributed by atoms with Gasteiger partial charge in [0, 0.05) is 6.42 Å². The maximum Gasteiger partial charge on any atom is 0.155 e. The van der Waals surface area contributed by atoms with E-state index < -0.39 is 0 Å². The Balaban J connectivity index is 2.61. The van der Waals surface area contributed by atoms with Crippen LogP contribution in [-0.4, -0.2) is 5.78 Å². The molecule has 0 atom stereocenters. The zero-order chi connectivity index (χ0) is 10.6. The Bertz CT molecular complexity index is 258. The number of hydrogen-bond donors (Lipinski definition) is 0. The summed E-state index contributed by atoms with van der Waals surface area (Å²) in [5.74, 6) is 0.304. The maximum absolute atomic E-state index is 11.3. The van der Waals surface area contributed by atoms with Crippen LogP contribution in [0.5, 0.6) is 0 Å². The van der Waals surface area contributed by atoms with Crippen LogP contribution in [0.25, 0.3) is 0 Å². The minimum atomic E-state index is 0.231. The van der Waals surface area contributed by atoms with Crippen LogP contribution in [0.2, 0.25) is 0 Å². The molecule has 0 aliphatic heterocycles. The van der Waals surface area contributed by atoms with Crippen LogP contribution in [0.15, 0.2) is 24.3 Å². The first-order valence-corrected chi connectivity index (χ1v) is 5.41. The van der Waals surface area contributed by atoms with Gasteiger partial charge >= 0.3 is 0 Å². The first-order valence-electron chi connectivity index (χ1n) is 5.41. The first kappa shape index (κ1) is 11.2. The highest BCUT2D eigenvalue weighted by Crippen LogP contribution is 2.37. The van der Waals surface area contributed by atoms with Crippen LogP contribution < -0.4 is 0 Å². The van der Waals surface area contributed by atoms with Crippen LogP contribution >= 0.6 is 0 Å². The van der Waals surface area contributed by atoms with Gasteiger partial charge < -0.3 is 0 Å². The van der Waals surface area contributed by atoms with Crippen LogP contribution in [-0.2, 0) is 4.79 Å². The summed E-state index contributed by atoms with van der Waals surface area (Å²) in [6.07, 6.45) is 8.74. The highest BCUT2D eigenvalue weighted by molar-refractivity contribution is 5.91. The van der Waals surface area contributed by atoms with E-state index in [9.17, 15) is 4.79 Å². The Morgan fingerprint density at radius 1 is 1.57 bits per heavy atom. The van der Waals surface area contributed by atoms with Crippen molar-refractivity contribution in [1.82, 2.24) is 0 Å². The Morgan fingerprint density at radius 2 is 2.29 bits per heavy atom. The third-order valence-electron chi connectivity index (χ3n) is 3.06. The Kier molecular flexibility index (Phi) is 3.68. The first-order chi connectivity index (χ1) is 6.56. The van der Waals surface area contributed by atoms with E-state index in [1.165, 1.54) is 5.57 Å². The predicted octanol–water partition coefficient (Wildman–Crippen LogP) is 3.66. The van der Waals surface area contributed by atoms with Gasteiger partial charge in [-0.3, -0.25) is 4.79 Å². The maximum atomic E-state index is 11.3. The largest absolute Gasteiger partial charge is 0.295 e. The predicted molar refractivity (Wildman–Crippen MR) is 60.2 cm³/mol. The van der Waals surface area contributed by atoms with Gasteiger partial charge in [-0.1, -0.05) is 25.5 Å². The van der Waals surface area contributed by atoms with Crippen molar-refractivity contribution in [2.24, 2.45) is 5.41 Å². The molecule has 0 aromatic carbocycles. The molecule has 1 nitrogen and oxygen atoms in total. The fourth-order valence-electron chi connectivity index (χ4n) is 1.91. The Hall–Kier alpha value is -0.850. The standard InChI is InChI=1S/C13H20O/c1-4-5-6-7-11-10-12(14)8-9-13(11,2)3/h4,10H,1,5-9H2,2-3H3. The number of hydrogen-bond acceptors (Lipinski definition) is 1. The Labute approximate surface area is 86.9 Å². The van der Waals surface area contributed by atoms with Gasteiger partial charge in [0.2, 0.25) is 0 Å². The van der Waals surface area contributed by atoms with Gasteiger partial charge in [0.1, 0.15) is 0 Å². The van der Waals surface area contributed by atoms with Crippen LogP contribution in [0.1, 0.15) is 46.0 Å². The summed E-state index contributed by atoms with van der Waals surface area (Å²) in [7, 11) is 0. The van der Waals surface area contributed by atoms with Gasteiger partial charge in [-0.25, -0.2) is 0 Å². The monoisotopic (exact) mass is 192 g/mol. The molecule has 0 aromatic heterocycles. The van der Waals surface area contributed by atoms with E-state index in [1.807, 2.05) is 12.2 Å². The second-order valence-electron chi connectivity index (χ2n) is 4.70. The van der Waals surface area contributed by atoms with Crippen LogP contribution in [0.3, 0.4) is 0 Å². The molecule has 14 heavy (non-hydrogen) atoms. The summed E-state index contributed by atoms with van der Waals surface area (Å²) >= 11 is 0. The summed E-state index contributed by atoms with van der Waals surface area (Å²) in [5, 5.41) is 0. The molecule has 78 valence electrons. The van der Waals surface area contributed by atoms with Crippen molar-refractivity contribution in [2.45, 2.75) is 46.0 Å². The fourth-order valence-corrected chi connectivity index (χ4v) is 1.91. The van der Waals surface area contributed by atoms with E-state index in [4.69, 9.17) is 0 Å². The van der Waals surface area contributed by atoms with Gasteiger partial charge in [0.05, 0.1) is 0 Å². The van der Waals surface area contributed by atoms with Crippen molar-refractivity contribution >= 4 is 5.78 Å². The fraction of sp³-hybridized carbons (Fsp3) is 0.615. The summed E-state index contributed by atoms with van der Waals surface area (Å²) in [6, 6.07) is 0. The molecule has 1 aliphatic carbocycles. The van der Waals surface area contributed by atoms with E-state index in [2.05, 4.69) is 20.4 Å². The molecule has 1 heteroatoms. The highest BCUT2D eigenvalue weighted by atomic mass is 16.1. The lowest BCUT2D eigenvalue weighted by atomic mass is 9.73. The van der Waals surface area contributed by atoms with Crippen molar-refractivity contribution in [3.05, 3.63) is 24.3 Å². The minimum Gasteiger partial charge on any atom is -0.295 e. The SMILES string of the molecule is C=CCCCC1=CC(=O)CCC1(C)C. The summed E-state index contributed by atoms with van der Waals surface area (Å²) in [5.41, 5.74) is 1.56. The summed E-state index contributed by atoms with van der Waals surface area (Å²) < 4.78 is 0. The number of rotatable bonds is 4. The molecule has 0 unspecified atom stereocenters. The van der Waals surface area contributed by atoms with Gasteiger partial charge in [-0.05, 0) is 37.2 Å². The lowest BCUT2D eigenvalue weighted by molar-refractivity contribution is -0.115. The second-order valence-corrected chi connectivity index (χ2v) is 4.70. The molecule has 0 saturated carbocycles. The van der Waals surface area contributed by atoms with E-state index >= 15 is 0 Å². The molecule has 1 rings (SSSR count). The zero-order valence-electron chi connectivity index (χ0n) is 9.31. The molecule has 0 aromatic rings. The van der Waals surface area contributed by atoms with E-state index in [0.717, 1.165) is 32.1 Å². The average Bonchev–Trinajstić information content (AvgIpc) is 2.12. The van der Waals surface area contributed by atoms with Crippen LogP contribution in [0, 0.1) is 5.41 Å². The van der Waals surface area contributed by atoms with Crippen molar-refractivity contribution < 1.29 is 4.79 Å². The van der Waals surface area contributed by atoms with Crippen molar-refractivity contribution in [2.75, 3.05) is 0 Å². The number of allylic oxidation sites excluding steroid dienone is 3. The second kappa shape index (κ2) is 4.59. The lowest BCUT2D eigenvalue weighted by Crippen LogP contribution is -2.22. The quantitative estimate of drug-likeness (QED) is 0.491. The van der Waals surface area contributed by atoms with Crippen molar-refractivity contribution in [3.63, 3.8) is 0 Å². The zero-order valence-corrected chi connectivity index (χ0v) is 9.31. The molecule has 0 radical (unpaired) electrons. The summed E-state index contributed by atoms with van der Waals surface area (Å²) in [6.45, 7) is 8.18. The van der Waals surface area contributed by atoms with Gasteiger partial charge in [-0.2, -0.15) is 0 Å². The molecule has 0 spiro atoms. The van der Waals surface area contributed by atoms with Gasteiger partial charge in [0.15, 0.2) is 5.78 Å². The van der Waals surface area contributed by atoms with Crippen molar-refractivity contribution in [1.29, 1.82) is 0 Å². The molecule has 0 bridgehead atoms. The third kappa shape index (κ3) is 2.83. The number of carbonyl (C=O) groups excluding carboxylic acids is 1. The minimum absolute atomic E-state index is 0.231. The number of unbranched alkanes of at least 4 members (excludes halogenated alkanes) is 1. The van der Waals surface area contributed by atoms with E-state index in [1.54, 1.807) is 0 Å². The highest BCUT2D eigenvalue weighted by Gasteiger charge is 2.27. The molecule has 0 amide bonds. The van der Waals surface area contributed by atoms with E-state index in [0.29, 0.717) is 5.78 Å². The van der Waals surface area contributed by atoms with Gasteiger partial charge in [0.25, 0.3) is 0 Å². The molecule has 0 fully saturated rings. The molecular weight excluding hydrogens is 172 g/mol. The van der Waals surface area contributed by atoms with Crippen LogP contribution in [0.4, 0.5) is 0 Å². The third-order valence-corrected chi connectivity index (χ3v) is 3.06. The summed E-state index contributed by atoms with van der Waals surface area (Å²) in [4.78, 5) is 11.3. The Morgan fingerprint density at radius 3 is 2.93 bits per heavy atom. The molecule has 0 heterocycles. The molecule has 1 aliphatic rings. The smallest absolute Gasteiger partial charge is 0.155 e. The molecule has 0 N–H and O–H groups in total. The normalized spacial score (nSPS) is 20.4. The lowest BCUT2D eigenvalue weighted by Gasteiger charge is -2.31. The number of carbonyl (C=O) groups is 1. The average molecular weight is 192 g/mol. The topological polar surface area (TPSA) is 17.1 Å².